The van der Waals surface area contributed by atoms with Crippen LogP contribution in [0.5, 0.6) is 0 Å². The van der Waals surface area contributed by atoms with Gasteiger partial charge in [0.15, 0.2) is 0 Å². The molecule has 4 amide bonds. The smallest absolute Gasteiger partial charge is 0.408 e. The van der Waals surface area contributed by atoms with Crippen LogP contribution in [0.25, 0.3) is 0 Å². The first-order chi connectivity index (χ1) is 12.6. The van der Waals surface area contributed by atoms with E-state index in [2.05, 4.69) is 28.1 Å². The summed E-state index contributed by atoms with van der Waals surface area (Å²) in [6, 6.07) is 6.63. The van der Waals surface area contributed by atoms with Gasteiger partial charge in [0.25, 0.3) is 5.91 Å². The minimum Gasteiger partial charge on any atom is -0.444 e. The van der Waals surface area contributed by atoms with Crippen LogP contribution in [0.3, 0.4) is 0 Å². The fourth-order valence-electron chi connectivity index (χ4n) is 1.78. The van der Waals surface area contributed by atoms with Gasteiger partial charge in [0.05, 0.1) is 6.42 Å². The van der Waals surface area contributed by atoms with E-state index < -0.39 is 23.5 Å². The molecule has 0 bridgehead atoms. The van der Waals surface area contributed by atoms with Crippen LogP contribution in [-0.4, -0.2) is 36.0 Å². The van der Waals surface area contributed by atoms with Crippen LogP contribution in [0.15, 0.2) is 36.9 Å². The number of carbonyl (C=O) groups excluding carboxylic acids is 4. The Morgan fingerprint density at radius 3 is 2.19 bits per heavy atom. The van der Waals surface area contributed by atoms with Crippen molar-refractivity contribution in [1.29, 1.82) is 0 Å². The highest BCUT2D eigenvalue weighted by atomic mass is 16.6. The topological polar surface area (TPSA) is 126 Å². The monoisotopic (exact) mass is 376 g/mol. The lowest BCUT2D eigenvalue weighted by atomic mass is 10.1. The van der Waals surface area contributed by atoms with E-state index in [9.17, 15) is 19.2 Å². The van der Waals surface area contributed by atoms with Crippen molar-refractivity contribution in [1.82, 2.24) is 16.2 Å². The molecule has 4 N–H and O–H groups in total. The maximum absolute atomic E-state index is 11.8. The van der Waals surface area contributed by atoms with Crippen molar-refractivity contribution in [2.24, 2.45) is 0 Å². The van der Waals surface area contributed by atoms with Crippen molar-refractivity contribution in [2.45, 2.75) is 32.8 Å². The molecule has 146 valence electrons. The van der Waals surface area contributed by atoms with Crippen LogP contribution in [0, 0.1) is 0 Å². The van der Waals surface area contributed by atoms with E-state index in [1.807, 2.05) is 0 Å². The van der Waals surface area contributed by atoms with Crippen LogP contribution in [0.2, 0.25) is 0 Å². The third-order valence-electron chi connectivity index (χ3n) is 2.91. The summed E-state index contributed by atoms with van der Waals surface area (Å²) in [5.41, 5.74) is 5.03. The predicted molar refractivity (Wildman–Crippen MR) is 99.5 cm³/mol. The number of anilines is 1. The molecule has 0 unspecified atom stereocenters. The van der Waals surface area contributed by atoms with Gasteiger partial charge in [-0.15, -0.1) is 0 Å². The zero-order valence-electron chi connectivity index (χ0n) is 15.5. The molecule has 0 spiro atoms. The maximum atomic E-state index is 11.8. The molecule has 1 aromatic carbocycles. The number of rotatable bonds is 6. The van der Waals surface area contributed by atoms with Gasteiger partial charge in [0.2, 0.25) is 11.8 Å². The number of carbonyl (C=O) groups is 4. The average Bonchev–Trinajstić information content (AvgIpc) is 2.58. The van der Waals surface area contributed by atoms with E-state index in [0.717, 1.165) is 6.08 Å². The number of nitrogens with one attached hydrogen (secondary N) is 4. The summed E-state index contributed by atoms with van der Waals surface area (Å²) in [7, 11) is 0. The Kier molecular flexibility index (Phi) is 7.99. The molecule has 0 saturated heterocycles. The van der Waals surface area contributed by atoms with E-state index in [1.54, 1.807) is 45.0 Å². The quantitative estimate of drug-likeness (QED) is 0.436. The van der Waals surface area contributed by atoms with E-state index in [0.29, 0.717) is 11.3 Å². The van der Waals surface area contributed by atoms with E-state index >= 15 is 0 Å². The molecule has 1 rings (SSSR count). The summed E-state index contributed by atoms with van der Waals surface area (Å²) in [6.45, 7) is 8.12. The van der Waals surface area contributed by atoms with E-state index in [1.165, 1.54) is 0 Å². The zero-order valence-corrected chi connectivity index (χ0v) is 15.5. The highest BCUT2D eigenvalue weighted by Crippen LogP contribution is 2.10. The highest BCUT2D eigenvalue weighted by molar-refractivity contribution is 5.98. The lowest BCUT2D eigenvalue weighted by Gasteiger charge is -2.19. The van der Waals surface area contributed by atoms with Crippen molar-refractivity contribution >= 4 is 29.5 Å². The minimum absolute atomic E-state index is 0.0233. The maximum Gasteiger partial charge on any atom is 0.408 e. The minimum atomic E-state index is -0.729. The molecule has 9 heteroatoms. The summed E-state index contributed by atoms with van der Waals surface area (Å²) < 4.78 is 4.98. The summed E-state index contributed by atoms with van der Waals surface area (Å²) in [4.78, 5) is 46.0. The van der Waals surface area contributed by atoms with Gasteiger partial charge in [-0.05, 0) is 44.5 Å². The zero-order chi connectivity index (χ0) is 20.4. The Morgan fingerprint density at radius 1 is 1.04 bits per heavy atom. The Morgan fingerprint density at radius 2 is 1.63 bits per heavy atom. The largest absolute Gasteiger partial charge is 0.444 e. The first kappa shape index (κ1) is 21.7. The Balaban J connectivity index is 2.34. The molecular formula is C18H24N4O5. The highest BCUT2D eigenvalue weighted by Gasteiger charge is 2.16. The number of hydrogen-bond donors (Lipinski definition) is 4. The lowest BCUT2D eigenvalue weighted by molar-refractivity contribution is -0.128. The van der Waals surface area contributed by atoms with Gasteiger partial charge in [0, 0.05) is 5.69 Å². The second-order valence-electron chi connectivity index (χ2n) is 6.52. The number of amides is 4. The third kappa shape index (κ3) is 9.63. The van der Waals surface area contributed by atoms with E-state index in [-0.39, 0.29) is 18.9 Å². The van der Waals surface area contributed by atoms with Crippen LogP contribution in [0.4, 0.5) is 10.5 Å². The van der Waals surface area contributed by atoms with Crippen molar-refractivity contribution in [3.8, 4) is 0 Å². The fourth-order valence-corrected chi connectivity index (χ4v) is 1.78. The molecule has 1 aromatic rings. The van der Waals surface area contributed by atoms with Crippen LogP contribution >= 0.6 is 0 Å². The van der Waals surface area contributed by atoms with Crippen LogP contribution < -0.4 is 21.5 Å². The number of alkyl carbamates (subject to hydrolysis) is 1. The predicted octanol–water partition coefficient (Wildman–Crippen LogP) is 1.03. The molecule has 27 heavy (non-hydrogen) atoms. The van der Waals surface area contributed by atoms with Crippen molar-refractivity contribution in [3.05, 3.63) is 42.5 Å². The van der Waals surface area contributed by atoms with Gasteiger partial charge in [-0.3, -0.25) is 25.2 Å². The van der Waals surface area contributed by atoms with Gasteiger partial charge in [-0.2, -0.15) is 0 Å². The molecule has 9 nitrogen and oxygen atoms in total. The van der Waals surface area contributed by atoms with Gasteiger partial charge < -0.3 is 15.4 Å². The van der Waals surface area contributed by atoms with Gasteiger partial charge in [-0.1, -0.05) is 18.7 Å². The fraction of sp³-hybridized carbons (Fsp3) is 0.333. The molecule has 0 aliphatic heterocycles. The second kappa shape index (κ2) is 9.95. The summed E-state index contributed by atoms with van der Waals surface area (Å²) in [6.07, 6.45) is 0.449. The number of benzene rings is 1. The van der Waals surface area contributed by atoms with Crippen LogP contribution in [-0.2, 0) is 25.5 Å². The van der Waals surface area contributed by atoms with Crippen LogP contribution in [0.1, 0.15) is 26.3 Å². The number of hydrogen-bond acceptors (Lipinski definition) is 5. The Labute approximate surface area is 157 Å². The third-order valence-corrected chi connectivity index (χ3v) is 2.91. The van der Waals surface area contributed by atoms with Gasteiger partial charge >= 0.3 is 6.09 Å². The Hall–Kier alpha value is -3.36. The molecule has 0 fully saturated rings. The summed E-state index contributed by atoms with van der Waals surface area (Å²) in [5.74, 6) is -1.37. The van der Waals surface area contributed by atoms with Gasteiger partial charge in [-0.25, -0.2) is 4.79 Å². The summed E-state index contributed by atoms with van der Waals surface area (Å²) in [5, 5.41) is 4.86. The molecule has 0 aliphatic rings. The van der Waals surface area contributed by atoms with Crippen molar-refractivity contribution < 1.29 is 23.9 Å². The van der Waals surface area contributed by atoms with Crippen molar-refractivity contribution in [3.63, 3.8) is 0 Å². The number of ether oxygens (including phenoxy) is 1. The molecule has 0 radical (unpaired) electrons. The first-order valence-corrected chi connectivity index (χ1v) is 8.16. The average molecular weight is 376 g/mol. The first-order valence-electron chi connectivity index (χ1n) is 8.16. The molecule has 0 atom stereocenters. The van der Waals surface area contributed by atoms with Crippen molar-refractivity contribution in [2.75, 3.05) is 11.9 Å². The SMILES string of the molecule is C=CC(=O)Nc1ccc(CC(=O)NNC(=O)CNC(=O)OC(C)(C)C)cc1. The molecule has 0 aliphatic carbocycles. The Bertz CT molecular complexity index is 707. The summed E-state index contributed by atoms with van der Waals surface area (Å²) >= 11 is 0. The molecule has 0 heterocycles. The van der Waals surface area contributed by atoms with E-state index in [4.69, 9.17) is 4.74 Å². The standard InChI is InChI=1S/C18H24N4O5/c1-5-14(23)20-13-8-6-12(7-9-13)10-15(24)21-22-16(25)11-19-17(26)27-18(2,3)4/h5-9H,1,10-11H2,2-4H3,(H,19,26)(H,20,23)(H,21,24)(H,22,25). The second-order valence-corrected chi connectivity index (χ2v) is 6.52. The number of hydrazine groups is 1. The molecular weight excluding hydrogens is 352 g/mol. The van der Waals surface area contributed by atoms with Gasteiger partial charge in [0.1, 0.15) is 12.1 Å². The molecule has 0 aromatic heterocycles. The molecule has 0 saturated carbocycles. The lowest BCUT2D eigenvalue weighted by Crippen LogP contribution is -2.47. The normalized spacial score (nSPS) is 10.3.